The van der Waals surface area contributed by atoms with Gasteiger partial charge in [0.05, 0.1) is 11.8 Å². The molecule has 25 heavy (non-hydrogen) atoms. The van der Waals surface area contributed by atoms with Crippen LogP contribution in [-0.4, -0.2) is 44.3 Å². The summed E-state index contributed by atoms with van der Waals surface area (Å²) < 4.78 is 0. The topological polar surface area (TPSA) is 149 Å². The van der Waals surface area contributed by atoms with Crippen LogP contribution in [-0.2, 0) is 19.2 Å². The molecule has 4 atom stereocenters. The first-order chi connectivity index (χ1) is 11.6. The molecule has 2 aliphatic carbocycles. The number of hydrogen-bond acceptors (Lipinski definition) is 4. The van der Waals surface area contributed by atoms with E-state index in [4.69, 9.17) is 0 Å². The second kappa shape index (κ2) is 6.34. The molecule has 8 nitrogen and oxygen atoms in total. The second-order valence-corrected chi connectivity index (χ2v) is 6.70. The SMILES string of the molecule is CC1=CCC(C(=O)O)(C2(C(=O)O)CC=CCC2C(=O)O)C(C(=O)O)C1. The summed E-state index contributed by atoms with van der Waals surface area (Å²) in [6.07, 6.45) is 3.46. The standard InChI is InChI=1S/C17H20O8/c1-9-5-7-17(15(24)25,11(8-9)13(20)21)16(14(22)23)6-3-2-4-10(16)12(18)19/h2-3,5,10-11H,4,6-8H2,1H3,(H,18,19)(H,20,21)(H,22,23)(H,24,25). The normalized spacial score (nSPS) is 34.8. The Kier molecular flexibility index (Phi) is 4.74. The van der Waals surface area contributed by atoms with E-state index < -0.39 is 46.5 Å². The van der Waals surface area contributed by atoms with Crippen LogP contribution in [0.1, 0.15) is 32.6 Å². The molecule has 0 aliphatic heterocycles. The highest BCUT2D eigenvalue weighted by molar-refractivity contribution is 5.95. The lowest BCUT2D eigenvalue weighted by Gasteiger charge is -2.52. The minimum Gasteiger partial charge on any atom is -0.481 e. The van der Waals surface area contributed by atoms with Crippen molar-refractivity contribution in [2.45, 2.75) is 32.6 Å². The van der Waals surface area contributed by atoms with Gasteiger partial charge in [-0.05, 0) is 32.6 Å². The predicted octanol–water partition coefficient (Wildman–Crippen LogP) is 1.62. The van der Waals surface area contributed by atoms with Gasteiger partial charge in [0.25, 0.3) is 0 Å². The number of aliphatic carboxylic acids is 4. The van der Waals surface area contributed by atoms with E-state index in [0.717, 1.165) is 0 Å². The predicted molar refractivity (Wildman–Crippen MR) is 83.8 cm³/mol. The van der Waals surface area contributed by atoms with Crippen LogP contribution >= 0.6 is 0 Å². The monoisotopic (exact) mass is 352 g/mol. The van der Waals surface area contributed by atoms with Crippen LogP contribution in [0.4, 0.5) is 0 Å². The minimum absolute atomic E-state index is 0.132. The van der Waals surface area contributed by atoms with Gasteiger partial charge in [0, 0.05) is 0 Å². The van der Waals surface area contributed by atoms with E-state index in [0.29, 0.717) is 5.57 Å². The van der Waals surface area contributed by atoms with E-state index in [9.17, 15) is 39.6 Å². The molecule has 0 amide bonds. The van der Waals surface area contributed by atoms with Crippen LogP contribution in [0.3, 0.4) is 0 Å². The second-order valence-electron chi connectivity index (χ2n) is 6.70. The summed E-state index contributed by atoms with van der Waals surface area (Å²) in [5.41, 5.74) is -3.86. The lowest BCUT2D eigenvalue weighted by atomic mass is 9.46. The number of carbonyl (C=O) groups is 4. The van der Waals surface area contributed by atoms with E-state index in [1.54, 1.807) is 6.92 Å². The summed E-state index contributed by atoms with van der Waals surface area (Å²) in [5, 5.41) is 39.2. The van der Waals surface area contributed by atoms with E-state index in [-0.39, 0.29) is 25.7 Å². The fraction of sp³-hybridized carbons (Fsp3) is 0.529. The largest absolute Gasteiger partial charge is 0.481 e. The Bertz CT molecular complexity index is 691. The molecule has 2 rings (SSSR count). The molecule has 8 heteroatoms. The lowest BCUT2D eigenvalue weighted by Crippen LogP contribution is -2.63. The van der Waals surface area contributed by atoms with Gasteiger partial charge in [-0.15, -0.1) is 0 Å². The van der Waals surface area contributed by atoms with E-state index in [1.165, 1.54) is 18.2 Å². The van der Waals surface area contributed by atoms with Crippen molar-refractivity contribution < 1.29 is 39.6 Å². The number of allylic oxidation sites excluding steroid dienone is 4. The number of rotatable bonds is 5. The van der Waals surface area contributed by atoms with Crippen LogP contribution in [0.2, 0.25) is 0 Å². The van der Waals surface area contributed by atoms with Crippen LogP contribution in [0.25, 0.3) is 0 Å². The van der Waals surface area contributed by atoms with Gasteiger partial charge in [0.1, 0.15) is 10.8 Å². The molecule has 2 aliphatic rings. The van der Waals surface area contributed by atoms with Gasteiger partial charge >= 0.3 is 23.9 Å². The maximum atomic E-state index is 12.3. The lowest BCUT2D eigenvalue weighted by molar-refractivity contribution is -0.198. The molecule has 0 fully saturated rings. The maximum Gasteiger partial charge on any atom is 0.312 e. The Labute approximate surface area is 143 Å². The van der Waals surface area contributed by atoms with Gasteiger partial charge in [-0.3, -0.25) is 19.2 Å². The molecule has 136 valence electrons. The van der Waals surface area contributed by atoms with Crippen molar-refractivity contribution >= 4 is 23.9 Å². The van der Waals surface area contributed by atoms with Crippen LogP contribution in [0, 0.1) is 22.7 Å². The van der Waals surface area contributed by atoms with Crippen molar-refractivity contribution in [2.24, 2.45) is 22.7 Å². The van der Waals surface area contributed by atoms with Crippen LogP contribution < -0.4 is 0 Å². The zero-order chi connectivity index (χ0) is 19.0. The molecule has 4 unspecified atom stereocenters. The van der Waals surface area contributed by atoms with Crippen molar-refractivity contribution in [2.75, 3.05) is 0 Å². The average Bonchev–Trinajstić information content (AvgIpc) is 2.54. The van der Waals surface area contributed by atoms with Gasteiger partial charge in [-0.2, -0.15) is 0 Å². The average molecular weight is 352 g/mol. The van der Waals surface area contributed by atoms with Crippen LogP contribution in [0.5, 0.6) is 0 Å². The Hall–Kier alpha value is -2.64. The number of carboxylic acids is 4. The summed E-state index contributed by atoms with van der Waals surface area (Å²) in [4.78, 5) is 48.2. The third kappa shape index (κ3) is 2.52. The van der Waals surface area contributed by atoms with Gasteiger partial charge in [-0.1, -0.05) is 23.8 Å². The van der Waals surface area contributed by atoms with Crippen molar-refractivity contribution in [1.29, 1.82) is 0 Å². The van der Waals surface area contributed by atoms with E-state index >= 15 is 0 Å². The van der Waals surface area contributed by atoms with Crippen molar-refractivity contribution in [3.8, 4) is 0 Å². The molecule has 0 bridgehead atoms. The third-order valence-corrected chi connectivity index (χ3v) is 5.62. The number of hydrogen-bond donors (Lipinski definition) is 4. The Morgan fingerprint density at radius 3 is 1.88 bits per heavy atom. The van der Waals surface area contributed by atoms with Crippen molar-refractivity contribution in [1.82, 2.24) is 0 Å². The highest BCUT2D eigenvalue weighted by atomic mass is 16.4. The highest BCUT2D eigenvalue weighted by Gasteiger charge is 2.70. The van der Waals surface area contributed by atoms with Gasteiger partial charge < -0.3 is 20.4 Å². The molecule has 0 radical (unpaired) electrons. The fourth-order valence-electron chi connectivity index (χ4n) is 4.35. The molecule has 4 N–H and O–H groups in total. The van der Waals surface area contributed by atoms with Gasteiger partial charge in [0.2, 0.25) is 0 Å². The first-order valence-corrected chi connectivity index (χ1v) is 7.84. The van der Waals surface area contributed by atoms with E-state index in [1.807, 2.05) is 0 Å². The quantitative estimate of drug-likeness (QED) is 0.545. The summed E-state index contributed by atoms with van der Waals surface area (Å²) >= 11 is 0. The summed E-state index contributed by atoms with van der Waals surface area (Å²) in [7, 11) is 0. The van der Waals surface area contributed by atoms with Crippen molar-refractivity contribution in [3.63, 3.8) is 0 Å². The van der Waals surface area contributed by atoms with Crippen LogP contribution in [0.15, 0.2) is 23.8 Å². The smallest absolute Gasteiger partial charge is 0.312 e. The minimum atomic E-state index is -2.25. The summed E-state index contributed by atoms with van der Waals surface area (Å²) in [6, 6.07) is 0. The Morgan fingerprint density at radius 2 is 1.40 bits per heavy atom. The van der Waals surface area contributed by atoms with Gasteiger partial charge in [-0.25, -0.2) is 0 Å². The zero-order valence-corrected chi connectivity index (χ0v) is 13.6. The Balaban J connectivity index is 2.84. The molecular weight excluding hydrogens is 332 g/mol. The Morgan fingerprint density at radius 1 is 0.880 bits per heavy atom. The molecule has 0 aromatic heterocycles. The van der Waals surface area contributed by atoms with Crippen molar-refractivity contribution in [3.05, 3.63) is 23.8 Å². The number of carboxylic acid groups (broad SMARTS) is 4. The maximum absolute atomic E-state index is 12.3. The summed E-state index contributed by atoms with van der Waals surface area (Å²) in [5.74, 6) is -9.12. The zero-order valence-electron chi connectivity index (χ0n) is 13.6. The molecule has 0 heterocycles. The molecule has 0 saturated heterocycles. The first kappa shape index (κ1) is 18.7. The molecular formula is C17H20O8. The fourth-order valence-corrected chi connectivity index (χ4v) is 4.35. The van der Waals surface area contributed by atoms with Gasteiger partial charge in [0.15, 0.2) is 0 Å². The van der Waals surface area contributed by atoms with E-state index in [2.05, 4.69) is 0 Å². The molecule has 0 saturated carbocycles. The summed E-state index contributed by atoms with van der Waals surface area (Å²) in [6.45, 7) is 1.64. The highest BCUT2D eigenvalue weighted by Crippen LogP contribution is 2.60. The first-order valence-electron chi connectivity index (χ1n) is 7.84. The molecule has 0 aromatic rings. The molecule has 0 spiro atoms. The third-order valence-electron chi connectivity index (χ3n) is 5.62. The molecule has 0 aromatic carbocycles.